The minimum Gasteiger partial charge on any atom is -0.395 e. The summed E-state index contributed by atoms with van der Waals surface area (Å²) in [4.78, 5) is 12.9. The Hall–Kier alpha value is -1.73. The molecule has 1 fully saturated rings. The maximum Gasteiger partial charge on any atom is 0.269 e. The summed E-state index contributed by atoms with van der Waals surface area (Å²) in [5, 5.41) is 20.3. The van der Waals surface area contributed by atoms with Gasteiger partial charge in [-0.3, -0.25) is 4.79 Å². The average Bonchev–Trinajstić information content (AvgIpc) is 2.91. The van der Waals surface area contributed by atoms with Gasteiger partial charge in [-0.1, -0.05) is 0 Å². The molecule has 0 aromatic carbocycles. The maximum absolute atomic E-state index is 10.9. The first kappa shape index (κ1) is 13.7. The van der Waals surface area contributed by atoms with Crippen molar-refractivity contribution in [2.75, 3.05) is 31.1 Å². The molecule has 1 aliphatic heterocycles. The summed E-state index contributed by atoms with van der Waals surface area (Å²) in [5.74, 6) is 0.0537. The predicted octanol–water partition coefficient (Wildman–Crippen LogP) is -0.874. The van der Waals surface area contributed by atoms with Crippen molar-refractivity contribution in [1.29, 1.82) is 0 Å². The Morgan fingerprint density at radius 1 is 1.53 bits per heavy atom. The Kier molecular flexibility index (Phi) is 4.64. The maximum atomic E-state index is 10.9. The number of carbonyl (C=O) groups excluding carboxylic acids is 1. The number of hydrogen-bond acceptors (Lipinski definition) is 6. The van der Waals surface area contributed by atoms with Gasteiger partial charge in [0, 0.05) is 19.1 Å². The molecule has 1 aliphatic rings. The van der Waals surface area contributed by atoms with Gasteiger partial charge >= 0.3 is 0 Å². The standard InChI is InChI=1S/C12H19N5O2/c13-12(19)10-3-4-11(16-15-10)17(6-7-18)8-9-2-1-5-14-9/h3-4,9,14,18H,1-2,5-8H2,(H2,13,19). The smallest absolute Gasteiger partial charge is 0.269 e. The van der Waals surface area contributed by atoms with Crippen molar-refractivity contribution < 1.29 is 9.90 Å². The van der Waals surface area contributed by atoms with Crippen LogP contribution in [0.4, 0.5) is 5.82 Å². The first-order valence-corrected chi connectivity index (χ1v) is 6.43. The molecule has 0 aliphatic carbocycles. The molecule has 4 N–H and O–H groups in total. The van der Waals surface area contributed by atoms with Gasteiger partial charge < -0.3 is 21.1 Å². The molecule has 1 amide bonds. The van der Waals surface area contributed by atoms with Crippen molar-refractivity contribution in [1.82, 2.24) is 15.5 Å². The van der Waals surface area contributed by atoms with Crippen molar-refractivity contribution in [3.63, 3.8) is 0 Å². The van der Waals surface area contributed by atoms with Crippen LogP contribution in [0.1, 0.15) is 23.3 Å². The van der Waals surface area contributed by atoms with E-state index in [-0.39, 0.29) is 12.3 Å². The zero-order valence-corrected chi connectivity index (χ0v) is 10.7. The van der Waals surface area contributed by atoms with Gasteiger partial charge in [0.2, 0.25) is 0 Å². The minimum atomic E-state index is -0.592. The van der Waals surface area contributed by atoms with Crippen molar-refractivity contribution in [3.8, 4) is 0 Å². The lowest BCUT2D eigenvalue weighted by molar-refractivity contribution is 0.0994. The van der Waals surface area contributed by atoms with Crippen LogP contribution in [0.25, 0.3) is 0 Å². The third kappa shape index (κ3) is 3.62. The van der Waals surface area contributed by atoms with Crippen molar-refractivity contribution in [2.45, 2.75) is 18.9 Å². The second kappa shape index (κ2) is 6.44. The number of nitrogens with two attached hydrogens (primary N) is 1. The number of aliphatic hydroxyl groups excluding tert-OH is 1. The number of anilines is 1. The molecule has 7 nitrogen and oxygen atoms in total. The van der Waals surface area contributed by atoms with E-state index in [1.54, 1.807) is 12.1 Å². The Balaban J connectivity index is 2.06. The van der Waals surface area contributed by atoms with E-state index in [9.17, 15) is 4.79 Å². The molecule has 104 valence electrons. The summed E-state index contributed by atoms with van der Waals surface area (Å²) in [6, 6.07) is 3.67. The van der Waals surface area contributed by atoms with Gasteiger partial charge in [-0.15, -0.1) is 10.2 Å². The molecule has 19 heavy (non-hydrogen) atoms. The lowest BCUT2D eigenvalue weighted by Gasteiger charge is -2.25. The fraction of sp³-hybridized carbons (Fsp3) is 0.583. The van der Waals surface area contributed by atoms with Gasteiger partial charge in [-0.2, -0.15) is 0 Å². The minimum absolute atomic E-state index is 0.0476. The molecule has 0 radical (unpaired) electrons. The largest absolute Gasteiger partial charge is 0.395 e. The van der Waals surface area contributed by atoms with Crippen LogP contribution in [0, 0.1) is 0 Å². The average molecular weight is 265 g/mol. The summed E-state index contributed by atoms with van der Waals surface area (Å²) < 4.78 is 0. The van der Waals surface area contributed by atoms with E-state index in [1.165, 1.54) is 6.42 Å². The van der Waals surface area contributed by atoms with Crippen LogP contribution in [0.2, 0.25) is 0 Å². The van der Waals surface area contributed by atoms with Crippen LogP contribution in [0.15, 0.2) is 12.1 Å². The normalized spacial score (nSPS) is 18.5. The van der Waals surface area contributed by atoms with E-state index < -0.39 is 5.91 Å². The number of amides is 1. The van der Waals surface area contributed by atoms with Crippen LogP contribution in [0.3, 0.4) is 0 Å². The van der Waals surface area contributed by atoms with E-state index >= 15 is 0 Å². The number of nitrogens with zero attached hydrogens (tertiary/aromatic N) is 3. The van der Waals surface area contributed by atoms with Crippen molar-refractivity contribution in [3.05, 3.63) is 17.8 Å². The lowest BCUT2D eigenvalue weighted by Crippen LogP contribution is -2.39. The highest BCUT2D eigenvalue weighted by atomic mass is 16.3. The van der Waals surface area contributed by atoms with E-state index in [1.807, 2.05) is 4.90 Å². The first-order valence-electron chi connectivity index (χ1n) is 6.43. The van der Waals surface area contributed by atoms with Crippen molar-refractivity contribution in [2.24, 2.45) is 5.73 Å². The highest BCUT2D eigenvalue weighted by Crippen LogP contribution is 2.13. The number of rotatable bonds is 6. The number of aromatic nitrogens is 2. The van der Waals surface area contributed by atoms with Crippen molar-refractivity contribution >= 4 is 11.7 Å². The molecule has 1 unspecified atom stereocenters. The molecule has 0 bridgehead atoms. The predicted molar refractivity (Wildman–Crippen MR) is 70.9 cm³/mol. The number of hydrogen-bond donors (Lipinski definition) is 3. The van der Waals surface area contributed by atoms with Crippen LogP contribution in [-0.2, 0) is 0 Å². The topological polar surface area (TPSA) is 104 Å². The fourth-order valence-corrected chi connectivity index (χ4v) is 2.22. The van der Waals surface area contributed by atoms with Crippen LogP contribution in [0.5, 0.6) is 0 Å². The summed E-state index contributed by atoms with van der Waals surface area (Å²) in [6.07, 6.45) is 2.29. The lowest BCUT2D eigenvalue weighted by atomic mass is 10.2. The number of nitrogens with one attached hydrogen (secondary N) is 1. The number of carbonyl (C=O) groups is 1. The summed E-state index contributed by atoms with van der Waals surface area (Å²) in [6.45, 7) is 2.34. The zero-order valence-electron chi connectivity index (χ0n) is 10.7. The highest BCUT2D eigenvalue weighted by molar-refractivity contribution is 5.90. The second-order valence-corrected chi connectivity index (χ2v) is 4.60. The van der Waals surface area contributed by atoms with Gasteiger partial charge in [0.15, 0.2) is 11.5 Å². The third-order valence-electron chi connectivity index (χ3n) is 3.20. The van der Waals surface area contributed by atoms with Crippen LogP contribution in [-0.4, -0.2) is 53.5 Å². The van der Waals surface area contributed by atoms with Gasteiger partial charge in [0.05, 0.1) is 6.61 Å². The molecular weight excluding hydrogens is 246 g/mol. The second-order valence-electron chi connectivity index (χ2n) is 4.60. The monoisotopic (exact) mass is 265 g/mol. The number of primary amides is 1. The van der Waals surface area contributed by atoms with Gasteiger partial charge in [0.25, 0.3) is 5.91 Å². The Bertz CT molecular complexity index is 417. The quantitative estimate of drug-likeness (QED) is 0.617. The molecular formula is C12H19N5O2. The Morgan fingerprint density at radius 3 is 2.89 bits per heavy atom. The molecule has 0 saturated carbocycles. The highest BCUT2D eigenvalue weighted by Gasteiger charge is 2.19. The van der Waals surface area contributed by atoms with E-state index in [4.69, 9.17) is 10.8 Å². The number of aliphatic hydroxyl groups is 1. The Labute approximate surface area is 111 Å². The van der Waals surface area contributed by atoms with E-state index in [2.05, 4.69) is 15.5 Å². The van der Waals surface area contributed by atoms with Gasteiger partial charge in [0.1, 0.15) is 0 Å². The van der Waals surface area contributed by atoms with E-state index in [0.717, 1.165) is 19.5 Å². The SMILES string of the molecule is NC(=O)c1ccc(N(CCO)CC2CCCN2)nn1. The molecule has 1 aromatic heterocycles. The van der Waals surface area contributed by atoms with Crippen LogP contribution >= 0.6 is 0 Å². The van der Waals surface area contributed by atoms with Gasteiger partial charge in [-0.05, 0) is 31.5 Å². The molecule has 7 heteroatoms. The zero-order chi connectivity index (χ0) is 13.7. The molecule has 2 heterocycles. The summed E-state index contributed by atoms with van der Waals surface area (Å²) >= 11 is 0. The van der Waals surface area contributed by atoms with Crippen LogP contribution < -0.4 is 16.0 Å². The van der Waals surface area contributed by atoms with Gasteiger partial charge in [-0.25, -0.2) is 0 Å². The molecule has 1 aromatic rings. The first-order chi connectivity index (χ1) is 9.20. The third-order valence-corrected chi connectivity index (χ3v) is 3.20. The molecule has 0 spiro atoms. The molecule has 1 atom stereocenters. The molecule has 2 rings (SSSR count). The van der Waals surface area contributed by atoms with E-state index in [0.29, 0.717) is 18.4 Å². The summed E-state index contributed by atoms with van der Waals surface area (Å²) in [5.41, 5.74) is 5.27. The Morgan fingerprint density at radius 2 is 2.37 bits per heavy atom. The molecule has 1 saturated heterocycles. The summed E-state index contributed by atoms with van der Waals surface area (Å²) in [7, 11) is 0. The fourth-order valence-electron chi connectivity index (χ4n) is 2.22.